The first kappa shape index (κ1) is 22.7. The van der Waals surface area contributed by atoms with Crippen LogP contribution < -0.4 is 14.8 Å². The Morgan fingerprint density at radius 3 is 2.47 bits per heavy atom. The lowest BCUT2D eigenvalue weighted by Gasteiger charge is -2.14. The minimum Gasteiger partial charge on any atom is -0.490 e. The van der Waals surface area contributed by atoms with Crippen LogP contribution in [0.4, 0.5) is 5.69 Å². The molecule has 0 aromatic heterocycles. The molecule has 0 aliphatic carbocycles. The first-order valence-electron chi connectivity index (χ1n) is 10.2. The number of imide groups is 1. The average Bonchev–Trinajstić information content (AvgIpc) is 3.00. The number of nitro benzene ring substituents is 1. The van der Waals surface area contributed by atoms with E-state index in [4.69, 9.17) is 9.47 Å². The van der Waals surface area contributed by atoms with Gasteiger partial charge in [-0.3, -0.25) is 29.4 Å². The molecule has 3 amide bonds. The van der Waals surface area contributed by atoms with Gasteiger partial charge in [-0.15, -0.1) is 0 Å². The fourth-order valence-electron chi connectivity index (χ4n) is 3.41. The smallest absolute Gasteiger partial charge is 0.282 e. The van der Waals surface area contributed by atoms with Crippen molar-refractivity contribution in [3.8, 4) is 11.5 Å². The second kappa shape index (κ2) is 9.90. The van der Waals surface area contributed by atoms with E-state index in [0.717, 1.165) is 16.5 Å². The molecule has 10 nitrogen and oxygen atoms in total. The number of rotatable bonds is 10. The molecule has 1 aliphatic heterocycles. The lowest BCUT2D eigenvalue weighted by Crippen LogP contribution is -2.40. The van der Waals surface area contributed by atoms with Gasteiger partial charge in [-0.2, -0.15) is 0 Å². The maximum absolute atomic E-state index is 12.5. The summed E-state index contributed by atoms with van der Waals surface area (Å²) in [6.45, 7) is 4.50. The van der Waals surface area contributed by atoms with Crippen LogP contribution in [0.3, 0.4) is 0 Å². The van der Waals surface area contributed by atoms with Gasteiger partial charge in [0.15, 0.2) is 11.5 Å². The minimum absolute atomic E-state index is 0.0742. The number of ether oxygens (including phenoxy) is 2. The zero-order valence-corrected chi connectivity index (χ0v) is 17.8. The van der Waals surface area contributed by atoms with E-state index in [1.165, 1.54) is 12.1 Å². The van der Waals surface area contributed by atoms with Crippen molar-refractivity contribution in [2.75, 3.05) is 26.3 Å². The highest BCUT2D eigenvalue weighted by Crippen LogP contribution is 2.31. The van der Waals surface area contributed by atoms with Crippen LogP contribution >= 0.6 is 0 Å². The van der Waals surface area contributed by atoms with Crippen LogP contribution in [0.25, 0.3) is 0 Å². The molecule has 32 heavy (non-hydrogen) atoms. The van der Waals surface area contributed by atoms with Crippen molar-refractivity contribution >= 4 is 23.4 Å². The van der Waals surface area contributed by atoms with Crippen LogP contribution in [0.2, 0.25) is 0 Å². The third kappa shape index (κ3) is 4.69. The Kier molecular flexibility index (Phi) is 7.04. The van der Waals surface area contributed by atoms with Crippen molar-refractivity contribution < 1.29 is 28.8 Å². The standard InChI is InChI=1S/C22H23N3O7/c1-3-31-17-9-8-14(12-18(17)32-4-2)10-11-23-19(26)13-24-21(27)15-6-5-7-16(25(29)30)20(15)22(24)28/h5-9,12H,3-4,10-11,13H2,1-2H3,(H,23,26). The van der Waals surface area contributed by atoms with Gasteiger partial charge in [-0.05, 0) is 44.0 Å². The highest BCUT2D eigenvalue weighted by atomic mass is 16.6. The number of carbonyl (C=O) groups is 3. The molecule has 1 aliphatic rings. The monoisotopic (exact) mass is 441 g/mol. The van der Waals surface area contributed by atoms with E-state index in [1.807, 2.05) is 26.0 Å². The molecule has 0 saturated heterocycles. The lowest BCUT2D eigenvalue weighted by molar-refractivity contribution is -0.385. The Balaban J connectivity index is 1.59. The van der Waals surface area contributed by atoms with Crippen LogP contribution in [0, 0.1) is 10.1 Å². The summed E-state index contributed by atoms with van der Waals surface area (Å²) in [6.07, 6.45) is 0.492. The first-order valence-corrected chi connectivity index (χ1v) is 10.2. The van der Waals surface area contributed by atoms with Crippen molar-refractivity contribution in [3.63, 3.8) is 0 Å². The predicted octanol–water partition coefficient (Wildman–Crippen LogP) is 2.35. The van der Waals surface area contributed by atoms with Gasteiger partial charge in [-0.25, -0.2) is 0 Å². The Morgan fingerprint density at radius 2 is 1.78 bits per heavy atom. The van der Waals surface area contributed by atoms with Crippen LogP contribution in [-0.4, -0.2) is 53.8 Å². The van der Waals surface area contributed by atoms with Gasteiger partial charge >= 0.3 is 0 Å². The summed E-state index contributed by atoms with van der Waals surface area (Å²) in [5, 5.41) is 13.8. The largest absolute Gasteiger partial charge is 0.490 e. The van der Waals surface area contributed by atoms with Gasteiger partial charge in [0.25, 0.3) is 17.5 Å². The maximum atomic E-state index is 12.5. The molecule has 0 fully saturated rings. The number of nitro groups is 1. The molecule has 2 aromatic rings. The molecule has 10 heteroatoms. The summed E-state index contributed by atoms with van der Waals surface area (Å²) in [4.78, 5) is 48.5. The summed E-state index contributed by atoms with van der Waals surface area (Å²) in [5.74, 6) is -0.859. The second-order valence-electron chi connectivity index (χ2n) is 6.90. The number of hydrogen-bond donors (Lipinski definition) is 1. The van der Waals surface area contributed by atoms with E-state index in [0.29, 0.717) is 31.1 Å². The molecule has 0 unspecified atom stereocenters. The number of benzene rings is 2. The molecule has 0 saturated carbocycles. The molecule has 1 N–H and O–H groups in total. The molecule has 3 rings (SSSR count). The summed E-state index contributed by atoms with van der Waals surface area (Å²) in [5.41, 5.74) is 0.0981. The zero-order valence-electron chi connectivity index (χ0n) is 17.8. The second-order valence-corrected chi connectivity index (χ2v) is 6.90. The van der Waals surface area contributed by atoms with Gasteiger partial charge in [0, 0.05) is 12.6 Å². The highest BCUT2D eigenvalue weighted by molar-refractivity contribution is 6.24. The van der Waals surface area contributed by atoms with Gasteiger partial charge < -0.3 is 14.8 Å². The molecule has 0 bridgehead atoms. The van der Waals surface area contributed by atoms with Crippen molar-refractivity contribution in [1.82, 2.24) is 10.2 Å². The summed E-state index contributed by atoms with van der Waals surface area (Å²) in [7, 11) is 0. The molecule has 168 valence electrons. The summed E-state index contributed by atoms with van der Waals surface area (Å²) in [6, 6.07) is 9.33. The average molecular weight is 441 g/mol. The normalized spacial score (nSPS) is 12.5. The number of fused-ring (bicyclic) bond motifs is 1. The fraction of sp³-hybridized carbons (Fsp3) is 0.318. The highest BCUT2D eigenvalue weighted by Gasteiger charge is 2.41. The summed E-state index contributed by atoms with van der Waals surface area (Å²) < 4.78 is 11.1. The molecule has 2 aromatic carbocycles. The van der Waals surface area contributed by atoms with Crippen LogP contribution in [0.5, 0.6) is 11.5 Å². The van der Waals surface area contributed by atoms with E-state index in [1.54, 1.807) is 6.07 Å². The van der Waals surface area contributed by atoms with Crippen LogP contribution in [0.15, 0.2) is 36.4 Å². The lowest BCUT2D eigenvalue weighted by atomic mass is 10.1. The van der Waals surface area contributed by atoms with Gasteiger partial charge in [0.2, 0.25) is 5.91 Å². The third-order valence-electron chi connectivity index (χ3n) is 4.82. The predicted molar refractivity (Wildman–Crippen MR) is 114 cm³/mol. The number of nitrogens with one attached hydrogen (secondary N) is 1. The quantitative estimate of drug-likeness (QED) is 0.340. The molecular weight excluding hydrogens is 418 g/mol. The first-order chi connectivity index (χ1) is 15.4. The van der Waals surface area contributed by atoms with Crippen LogP contribution in [-0.2, 0) is 11.2 Å². The van der Waals surface area contributed by atoms with Crippen molar-refractivity contribution in [2.24, 2.45) is 0 Å². The summed E-state index contributed by atoms with van der Waals surface area (Å²) >= 11 is 0. The zero-order chi connectivity index (χ0) is 23.3. The Bertz CT molecular complexity index is 1070. The molecular formula is C22H23N3O7. The minimum atomic E-state index is -0.847. The Morgan fingerprint density at radius 1 is 1.06 bits per heavy atom. The number of hydrogen-bond acceptors (Lipinski definition) is 7. The molecule has 1 heterocycles. The fourth-order valence-corrected chi connectivity index (χ4v) is 3.41. The number of nitrogens with zero attached hydrogens (tertiary/aromatic N) is 2. The number of amides is 3. The van der Waals surface area contributed by atoms with Gasteiger partial charge in [0.05, 0.1) is 23.7 Å². The SMILES string of the molecule is CCOc1ccc(CCNC(=O)CN2C(=O)c3cccc([N+](=O)[O-])c3C2=O)cc1OCC. The molecule has 0 radical (unpaired) electrons. The number of carbonyl (C=O) groups excluding carboxylic acids is 3. The van der Waals surface area contributed by atoms with Crippen molar-refractivity contribution in [2.45, 2.75) is 20.3 Å². The van der Waals surface area contributed by atoms with Crippen molar-refractivity contribution in [3.05, 3.63) is 63.2 Å². The Hall–Kier alpha value is -3.95. The Labute approximate surface area is 184 Å². The van der Waals surface area contributed by atoms with Gasteiger partial charge in [0.1, 0.15) is 12.1 Å². The van der Waals surface area contributed by atoms with Crippen molar-refractivity contribution in [1.29, 1.82) is 0 Å². The van der Waals surface area contributed by atoms with E-state index < -0.39 is 34.9 Å². The third-order valence-corrected chi connectivity index (χ3v) is 4.82. The molecule has 0 atom stereocenters. The van der Waals surface area contributed by atoms with E-state index in [-0.39, 0.29) is 17.7 Å². The molecule has 0 spiro atoms. The van der Waals surface area contributed by atoms with E-state index in [9.17, 15) is 24.5 Å². The van der Waals surface area contributed by atoms with Crippen LogP contribution in [0.1, 0.15) is 40.1 Å². The topological polar surface area (TPSA) is 128 Å². The van der Waals surface area contributed by atoms with E-state index in [2.05, 4.69) is 5.32 Å². The maximum Gasteiger partial charge on any atom is 0.282 e. The van der Waals surface area contributed by atoms with Gasteiger partial charge in [-0.1, -0.05) is 12.1 Å². The van der Waals surface area contributed by atoms with E-state index >= 15 is 0 Å².